The van der Waals surface area contributed by atoms with E-state index in [4.69, 9.17) is 9.47 Å². The van der Waals surface area contributed by atoms with Gasteiger partial charge in [0, 0.05) is 23.4 Å². The molecule has 1 atom stereocenters. The van der Waals surface area contributed by atoms with Gasteiger partial charge >= 0.3 is 12.1 Å². The summed E-state index contributed by atoms with van der Waals surface area (Å²) in [5.74, 6) is -0.958. The minimum atomic E-state index is -4.35. The molecule has 1 unspecified atom stereocenters. The van der Waals surface area contributed by atoms with Gasteiger partial charge in [-0.25, -0.2) is 32.1 Å². The number of carbonyl (C=O) groups excluding carboxylic acids is 2. The molecule has 41 heavy (non-hydrogen) atoms. The molecule has 0 saturated heterocycles. The third-order valence-corrected chi connectivity index (χ3v) is 7.87. The van der Waals surface area contributed by atoms with Crippen LogP contribution in [0.15, 0.2) is 58.6 Å². The van der Waals surface area contributed by atoms with Crippen molar-refractivity contribution in [2.24, 2.45) is 11.8 Å². The first kappa shape index (κ1) is 32.1. The quantitative estimate of drug-likeness (QED) is 0.326. The van der Waals surface area contributed by atoms with E-state index < -0.39 is 27.9 Å². The molecule has 0 bridgehead atoms. The topological polar surface area (TPSA) is 114 Å². The van der Waals surface area contributed by atoms with Crippen molar-refractivity contribution in [2.75, 3.05) is 19.8 Å². The van der Waals surface area contributed by atoms with Crippen molar-refractivity contribution in [3.63, 3.8) is 0 Å². The molecule has 2 N–H and O–H groups in total. The summed E-state index contributed by atoms with van der Waals surface area (Å²) in [7, 11) is -4.35. The number of hydrazine groups is 1. The molecule has 0 radical (unpaired) electrons. The monoisotopic (exact) mass is 589 g/mol. The summed E-state index contributed by atoms with van der Waals surface area (Å²) in [5.41, 5.74) is 5.48. The van der Waals surface area contributed by atoms with Crippen molar-refractivity contribution in [2.45, 2.75) is 65.3 Å². The summed E-state index contributed by atoms with van der Waals surface area (Å²) in [4.78, 5) is 24.8. The van der Waals surface area contributed by atoms with Gasteiger partial charge in [0.05, 0.1) is 29.7 Å². The van der Waals surface area contributed by atoms with E-state index in [1.165, 1.54) is 30.3 Å². The maximum absolute atomic E-state index is 15.6. The Labute approximate surface area is 242 Å². The number of esters is 1. The summed E-state index contributed by atoms with van der Waals surface area (Å²) in [6, 6.07) is 10.1. The largest absolute Gasteiger partial charge is 0.463 e. The van der Waals surface area contributed by atoms with Gasteiger partial charge < -0.3 is 14.9 Å². The number of hydrogen-bond acceptors (Lipinski definition) is 8. The van der Waals surface area contributed by atoms with E-state index >= 15 is 4.39 Å². The van der Waals surface area contributed by atoms with E-state index in [0.717, 1.165) is 12.1 Å². The molecule has 1 aliphatic rings. The maximum Gasteiger partial charge on any atom is 0.421 e. The number of ether oxygens (including phenoxy) is 2. The number of halogens is 1. The molecule has 3 rings (SSSR count). The van der Waals surface area contributed by atoms with Crippen LogP contribution in [0.2, 0.25) is 0 Å². The van der Waals surface area contributed by atoms with Crippen molar-refractivity contribution < 1.29 is 31.9 Å². The van der Waals surface area contributed by atoms with Crippen LogP contribution in [-0.4, -0.2) is 51.3 Å². The second-order valence-electron chi connectivity index (χ2n) is 10.6. The zero-order valence-corrected chi connectivity index (χ0v) is 25.3. The van der Waals surface area contributed by atoms with Crippen molar-refractivity contribution >= 4 is 22.1 Å². The van der Waals surface area contributed by atoms with Crippen molar-refractivity contribution in [1.29, 1.82) is 0 Å². The number of benzene rings is 2. The minimum absolute atomic E-state index is 0.0261. The fourth-order valence-corrected chi connectivity index (χ4v) is 5.79. The first-order valence-corrected chi connectivity index (χ1v) is 15.4. The molecule has 224 valence electrons. The molecule has 9 nitrogen and oxygen atoms in total. The number of rotatable bonds is 12. The average Bonchev–Trinajstić information content (AvgIpc) is 3.26. The van der Waals surface area contributed by atoms with Gasteiger partial charge in [0.15, 0.2) is 0 Å². The lowest BCUT2D eigenvalue weighted by atomic mass is 9.94. The van der Waals surface area contributed by atoms with Gasteiger partial charge in [0.25, 0.3) is 10.0 Å². The highest BCUT2D eigenvalue weighted by molar-refractivity contribution is 7.90. The van der Waals surface area contributed by atoms with E-state index in [2.05, 4.69) is 5.43 Å². The molecule has 1 aliphatic heterocycles. The number of hydrogen-bond donors (Lipinski definition) is 2. The van der Waals surface area contributed by atoms with Gasteiger partial charge in [-0.2, -0.15) is 0 Å². The molecule has 11 heteroatoms. The number of amides is 1. The highest BCUT2D eigenvalue weighted by atomic mass is 32.2. The van der Waals surface area contributed by atoms with E-state index in [-0.39, 0.29) is 47.1 Å². The first-order chi connectivity index (χ1) is 19.4. The highest BCUT2D eigenvalue weighted by Crippen LogP contribution is 2.33. The van der Waals surface area contributed by atoms with Crippen LogP contribution in [0.1, 0.15) is 53.5 Å². The molecule has 1 heterocycles. The van der Waals surface area contributed by atoms with Gasteiger partial charge in [-0.1, -0.05) is 65.0 Å². The molecule has 0 aromatic heterocycles. The Morgan fingerprint density at radius 1 is 1.05 bits per heavy atom. The van der Waals surface area contributed by atoms with Crippen LogP contribution < -0.4 is 10.1 Å². The molecular formula is C30H40FN3O6S. The fourth-order valence-electron chi connectivity index (χ4n) is 4.68. The lowest BCUT2D eigenvalue weighted by molar-refractivity contribution is -0.139. The van der Waals surface area contributed by atoms with Gasteiger partial charge in [0.2, 0.25) is 0 Å². The molecule has 2 aromatic carbocycles. The van der Waals surface area contributed by atoms with Crippen LogP contribution in [0.3, 0.4) is 0 Å². The third-order valence-electron chi connectivity index (χ3n) is 6.50. The molecule has 0 saturated carbocycles. The zero-order valence-electron chi connectivity index (χ0n) is 24.5. The Bertz CT molecular complexity index is 1390. The van der Waals surface area contributed by atoms with Crippen LogP contribution in [0.25, 0.3) is 11.1 Å². The Morgan fingerprint density at radius 2 is 1.76 bits per heavy atom. The molecule has 1 amide bonds. The molecule has 2 aromatic rings. The molecule has 0 spiro atoms. The molecule has 0 aliphatic carbocycles. The van der Waals surface area contributed by atoms with Crippen LogP contribution in [-0.2, 0) is 30.7 Å². The SMILES string of the molecule is CCCN1NC(C(C)C)=C(C(=O)OCC)C1Cc1ccc(-c2ccccc2S(=O)(=O)NC(=O)OCC(C)C)c(F)c1. The van der Waals surface area contributed by atoms with Gasteiger partial charge in [-0.15, -0.1) is 0 Å². The Balaban J connectivity index is 1.94. The molecule has 0 fully saturated rings. The number of nitrogens with zero attached hydrogens (tertiary/aromatic N) is 1. The Kier molecular flexibility index (Phi) is 10.9. The van der Waals surface area contributed by atoms with E-state index in [1.54, 1.807) is 19.1 Å². The second kappa shape index (κ2) is 14.0. The van der Waals surface area contributed by atoms with Gasteiger partial charge in [-0.05, 0) is 49.3 Å². The summed E-state index contributed by atoms with van der Waals surface area (Å²) in [5, 5.41) is 1.99. The predicted octanol–water partition coefficient (Wildman–Crippen LogP) is 5.18. The number of allylic oxidation sites excluding steroid dienone is 1. The van der Waals surface area contributed by atoms with Crippen LogP contribution in [0, 0.1) is 17.7 Å². The third kappa shape index (κ3) is 7.85. The lowest BCUT2D eigenvalue weighted by Gasteiger charge is -2.26. The van der Waals surface area contributed by atoms with Crippen molar-refractivity contribution in [3.05, 3.63) is 65.1 Å². The van der Waals surface area contributed by atoms with Crippen LogP contribution in [0.5, 0.6) is 0 Å². The predicted molar refractivity (Wildman–Crippen MR) is 154 cm³/mol. The average molecular weight is 590 g/mol. The van der Waals surface area contributed by atoms with Gasteiger partial charge in [0.1, 0.15) is 5.82 Å². The van der Waals surface area contributed by atoms with Crippen molar-refractivity contribution in [1.82, 2.24) is 15.2 Å². The maximum atomic E-state index is 15.6. The second-order valence-corrected chi connectivity index (χ2v) is 12.3. The van der Waals surface area contributed by atoms with E-state index in [0.29, 0.717) is 24.1 Å². The Hall–Kier alpha value is -3.44. The Morgan fingerprint density at radius 3 is 2.37 bits per heavy atom. The number of carbonyl (C=O) groups is 2. The van der Waals surface area contributed by atoms with Crippen LogP contribution >= 0.6 is 0 Å². The highest BCUT2D eigenvalue weighted by Gasteiger charge is 2.38. The minimum Gasteiger partial charge on any atom is -0.463 e. The summed E-state index contributed by atoms with van der Waals surface area (Å²) in [6.07, 6.45) is 0.0673. The van der Waals surface area contributed by atoms with E-state index in [9.17, 15) is 18.0 Å². The fraction of sp³-hybridized carbons (Fsp3) is 0.467. The van der Waals surface area contributed by atoms with Gasteiger partial charge in [-0.3, -0.25) is 0 Å². The summed E-state index contributed by atoms with van der Waals surface area (Å²) < 4.78 is 53.9. The summed E-state index contributed by atoms with van der Waals surface area (Å²) >= 11 is 0. The van der Waals surface area contributed by atoms with Crippen LogP contribution in [0.4, 0.5) is 9.18 Å². The standard InChI is InChI=1S/C30H40FN3O6S/c1-7-15-34-25(27(29(35)39-8-2)28(32-34)20(5)6)17-21-13-14-22(24(31)16-21)23-11-9-10-12-26(23)41(37,38)33-30(36)40-18-19(3)4/h9-14,16,19-20,25,32H,7-8,15,17-18H2,1-6H3,(H,33,36). The number of nitrogens with one attached hydrogen (secondary N) is 2. The zero-order chi connectivity index (χ0) is 30.3. The smallest absolute Gasteiger partial charge is 0.421 e. The summed E-state index contributed by atoms with van der Waals surface area (Å²) in [6.45, 7) is 12.4. The number of sulfonamides is 1. The lowest BCUT2D eigenvalue weighted by Crippen LogP contribution is -2.42. The first-order valence-electron chi connectivity index (χ1n) is 13.9. The molecular weight excluding hydrogens is 549 g/mol. The normalized spacial score (nSPS) is 15.8. The van der Waals surface area contributed by atoms with Crippen molar-refractivity contribution in [3.8, 4) is 11.1 Å². The van der Waals surface area contributed by atoms with E-state index in [1.807, 2.05) is 44.3 Å².